The normalized spacial score (nSPS) is 14.9. The van der Waals surface area contributed by atoms with Crippen LogP contribution in [0.1, 0.15) is 25.8 Å². The standard InChI is InChI=1S/C10H18N4/c1-7-5-12-10(13-6-7)14-9(3)4-8(2)11/h5-6,8-9H,4,11H2,1-3H3,(H,12,13,14). The molecule has 0 saturated carbocycles. The van der Waals surface area contributed by atoms with Crippen LogP contribution in [-0.2, 0) is 0 Å². The van der Waals surface area contributed by atoms with Crippen molar-refractivity contribution >= 4 is 5.95 Å². The van der Waals surface area contributed by atoms with E-state index in [-0.39, 0.29) is 6.04 Å². The molecule has 1 rings (SSSR count). The van der Waals surface area contributed by atoms with Crippen molar-refractivity contribution in [1.29, 1.82) is 0 Å². The molecule has 0 aliphatic heterocycles. The van der Waals surface area contributed by atoms with Gasteiger partial charge in [-0.1, -0.05) is 0 Å². The van der Waals surface area contributed by atoms with Crippen molar-refractivity contribution in [2.24, 2.45) is 5.73 Å². The molecule has 0 fully saturated rings. The van der Waals surface area contributed by atoms with Gasteiger partial charge in [-0.3, -0.25) is 0 Å². The van der Waals surface area contributed by atoms with Gasteiger partial charge in [0.05, 0.1) is 0 Å². The fraction of sp³-hybridized carbons (Fsp3) is 0.600. The molecule has 0 bridgehead atoms. The van der Waals surface area contributed by atoms with E-state index >= 15 is 0 Å². The first-order chi connectivity index (χ1) is 6.58. The fourth-order valence-corrected chi connectivity index (χ4v) is 1.30. The summed E-state index contributed by atoms with van der Waals surface area (Å²) in [5.74, 6) is 0.670. The molecule has 0 spiro atoms. The molecular weight excluding hydrogens is 176 g/mol. The van der Waals surface area contributed by atoms with Crippen LogP contribution in [0.2, 0.25) is 0 Å². The number of nitrogens with one attached hydrogen (secondary N) is 1. The fourth-order valence-electron chi connectivity index (χ4n) is 1.30. The predicted octanol–water partition coefficient (Wildman–Crippen LogP) is 1.32. The minimum absolute atomic E-state index is 0.197. The molecule has 1 aromatic rings. The average molecular weight is 194 g/mol. The zero-order chi connectivity index (χ0) is 10.6. The predicted molar refractivity (Wildman–Crippen MR) is 58.1 cm³/mol. The number of aromatic nitrogens is 2. The third-order valence-electron chi connectivity index (χ3n) is 1.88. The molecule has 14 heavy (non-hydrogen) atoms. The number of hydrogen-bond donors (Lipinski definition) is 2. The topological polar surface area (TPSA) is 63.8 Å². The van der Waals surface area contributed by atoms with Crippen LogP contribution in [0.3, 0.4) is 0 Å². The zero-order valence-corrected chi connectivity index (χ0v) is 8.99. The van der Waals surface area contributed by atoms with Crippen LogP contribution in [0.4, 0.5) is 5.95 Å². The minimum Gasteiger partial charge on any atom is -0.352 e. The van der Waals surface area contributed by atoms with E-state index in [1.54, 1.807) is 12.4 Å². The first-order valence-electron chi connectivity index (χ1n) is 4.88. The van der Waals surface area contributed by atoms with Crippen LogP contribution in [0.15, 0.2) is 12.4 Å². The highest BCUT2D eigenvalue weighted by Crippen LogP contribution is 2.04. The molecule has 4 heteroatoms. The van der Waals surface area contributed by atoms with Gasteiger partial charge in [0.1, 0.15) is 0 Å². The first kappa shape index (κ1) is 10.9. The summed E-state index contributed by atoms with van der Waals surface area (Å²) in [6.45, 7) is 6.04. The van der Waals surface area contributed by atoms with Gasteiger partial charge in [-0.2, -0.15) is 0 Å². The molecule has 0 aliphatic rings. The molecule has 2 atom stereocenters. The smallest absolute Gasteiger partial charge is 0.222 e. The van der Waals surface area contributed by atoms with Crippen molar-refractivity contribution in [3.63, 3.8) is 0 Å². The molecule has 0 saturated heterocycles. The van der Waals surface area contributed by atoms with Gasteiger partial charge < -0.3 is 11.1 Å². The van der Waals surface area contributed by atoms with Crippen molar-refractivity contribution in [2.45, 2.75) is 39.3 Å². The molecule has 1 aromatic heterocycles. The maximum atomic E-state index is 5.69. The largest absolute Gasteiger partial charge is 0.352 e. The summed E-state index contributed by atoms with van der Waals surface area (Å²) in [6, 6.07) is 0.501. The van der Waals surface area contributed by atoms with Crippen LogP contribution in [0.25, 0.3) is 0 Å². The van der Waals surface area contributed by atoms with Crippen LogP contribution < -0.4 is 11.1 Å². The molecular formula is C10H18N4. The van der Waals surface area contributed by atoms with Gasteiger partial charge >= 0.3 is 0 Å². The Balaban J connectivity index is 2.47. The van der Waals surface area contributed by atoms with Crippen molar-refractivity contribution in [1.82, 2.24) is 9.97 Å². The van der Waals surface area contributed by atoms with E-state index in [9.17, 15) is 0 Å². The Bertz CT molecular complexity index is 268. The maximum Gasteiger partial charge on any atom is 0.222 e. The van der Waals surface area contributed by atoms with Crippen LogP contribution in [0.5, 0.6) is 0 Å². The van der Waals surface area contributed by atoms with E-state index in [4.69, 9.17) is 5.73 Å². The number of rotatable bonds is 4. The van der Waals surface area contributed by atoms with E-state index in [0.717, 1.165) is 12.0 Å². The molecule has 0 radical (unpaired) electrons. The number of aryl methyl sites for hydroxylation is 1. The molecule has 2 unspecified atom stereocenters. The van der Waals surface area contributed by atoms with Gasteiger partial charge in [0.25, 0.3) is 0 Å². The second kappa shape index (κ2) is 4.91. The number of nitrogens with two attached hydrogens (primary N) is 1. The SMILES string of the molecule is Cc1cnc(NC(C)CC(C)N)nc1. The quantitative estimate of drug-likeness (QED) is 0.758. The van der Waals surface area contributed by atoms with Gasteiger partial charge in [-0.05, 0) is 32.8 Å². The van der Waals surface area contributed by atoms with Crippen molar-refractivity contribution < 1.29 is 0 Å². The molecule has 78 valence electrons. The Kier molecular flexibility index (Phi) is 3.83. The zero-order valence-electron chi connectivity index (χ0n) is 8.99. The van der Waals surface area contributed by atoms with E-state index in [1.165, 1.54) is 0 Å². The first-order valence-corrected chi connectivity index (χ1v) is 4.88. The summed E-state index contributed by atoms with van der Waals surface area (Å²) < 4.78 is 0. The highest BCUT2D eigenvalue weighted by molar-refractivity contribution is 5.25. The summed E-state index contributed by atoms with van der Waals surface area (Å²) in [6.07, 6.45) is 4.51. The Morgan fingerprint density at radius 2 is 1.93 bits per heavy atom. The van der Waals surface area contributed by atoms with E-state index < -0.39 is 0 Å². The van der Waals surface area contributed by atoms with E-state index in [0.29, 0.717) is 12.0 Å². The summed E-state index contributed by atoms with van der Waals surface area (Å²) in [4.78, 5) is 8.32. The second-order valence-electron chi connectivity index (χ2n) is 3.84. The Morgan fingerprint density at radius 1 is 1.36 bits per heavy atom. The van der Waals surface area contributed by atoms with Crippen LogP contribution in [-0.4, -0.2) is 22.1 Å². The van der Waals surface area contributed by atoms with Gasteiger partial charge in [-0.25, -0.2) is 9.97 Å². The third-order valence-corrected chi connectivity index (χ3v) is 1.88. The summed E-state index contributed by atoms with van der Waals surface area (Å²) in [7, 11) is 0. The highest BCUT2D eigenvalue weighted by atomic mass is 15.1. The molecule has 3 N–H and O–H groups in total. The molecule has 4 nitrogen and oxygen atoms in total. The summed E-state index contributed by atoms with van der Waals surface area (Å²) >= 11 is 0. The lowest BCUT2D eigenvalue weighted by molar-refractivity contribution is 0.601. The Labute approximate surface area is 85.0 Å². The summed E-state index contributed by atoms with van der Waals surface area (Å²) in [5.41, 5.74) is 6.76. The van der Waals surface area contributed by atoms with E-state index in [2.05, 4.69) is 22.2 Å². The maximum absolute atomic E-state index is 5.69. The van der Waals surface area contributed by atoms with Gasteiger partial charge in [0, 0.05) is 24.5 Å². The minimum atomic E-state index is 0.197. The van der Waals surface area contributed by atoms with Gasteiger partial charge in [-0.15, -0.1) is 0 Å². The van der Waals surface area contributed by atoms with Crippen molar-refractivity contribution in [3.8, 4) is 0 Å². The molecule has 0 aliphatic carbocycles. The molecule has 0 amide bonds. The third kappa shape index (κ3) is 3.70. The lowest BCUT2D eigenvalue weighted by atomic mass is 10.1. The van der Waals surface area contributed by atoms with Crippen LogP contribution >= 0.6 is 0 Å². The number of anilines is 1. The Hall–Kier alpha value is -1.16. The second-order valence-corrected chi connectivity index (χ2v) is 3.84. The van der Waals surface area contributed by atoms with Gasteiger partial charge in [0.15, 0.2) is 0 Å². The van der Waals surface area contributed by atoms with Gasteiger partial charge in [0.2, 0.25) is 5.95 Å². The lowest BCUT2D eigenvalue weighted by Crippen LogP contribution is -2.26. The average Bonchev–Trinajstić information content (AvgIpc) is 2.07. The molecule has 0 aromatic carbocycles. The van der Waals surface area contributed by atoms with Crippen LogP contribution in [0, 0.1) is 6.92 Å². The Morgan fingerprint density at radius 3 is 2.43 bits per heavy atom. The molecule has 1 heterocycles. The van der Waals surface area contributed by atoms with Crippen molar-refractivity contribution in [3.05, 3.63) is 18.0 Å². The van der Waals surface area contributed by atoms with Crippen molar-refractivity contribution in [2.75, 3.05) is 5.32 Å². The van der Waals surface area contributed by atoms with E-state index in [1.807, 2.05) is 13.8 Å². The highest BCUT2D eigenvalue weighted by Gasteiger charge is 2.05. The lowest BCUT2D eigenvalue weighted by Gasteiger charge is -2.15. The number of hydrogen-bond acceptors (Lipinski definition) is 4. The number of nitrogens with zero attached hydrogens (tertiary/aromatic N) is 2. The monoisotopic (exact) mass is 194 g/mol. The summed E-state index contributed by atoms with van der Waals surface area (Å²) in [5, 5.41) is 3.20.